The van der Waals surface area contributed by atoms with Crippen LogP contribution in [-0.4, -0.2) is 14.7 Å². The molecule has 0 aromatic heterocycles. The van der Waals surface area contributed by atoms with E-state index in [1.807, 2.05) is 0 Å². The van der Waals surface area contributed by atoms with E-state index in [2.05, 4.69) is 0 Å². The maximum Gasteiger partial charge on any atom is 1.00 e. The van der Waals surface area contributed by atoms with Gasteiger partial charge in [0.15, 0.2) is 0 Å². The maximum atomic E-state index is 8.88. The average Bonchev–Trinajstić information content (AvgIpc) is 0.722. The van der Waals surface area contributed by atoms with Gasteiger partial charge in [0.25, 0.3) is 0 Å². The molecule has 8 heavy (non-hydrogen) atoms. The molecule has 4 nitrogen and oxygen atoms in total. The molecular formula is H7ClLiO4PS. The van der Waals surface area contributed by atoms with E-state index >= 15 is 0 Å². The molecule has 0 aliphatic rings. The largest absolute Gasteiger partial charge is 1.00 e. The molecule has 0 aromatic rings. The zero-order valence-corrected chi connectivity index (χ0v) is 6.82. The van der Waals surface area contributed by atoms with Crippen LogP contribution < -0.4 is 18.9 Å². The third kappa shape index (κ3) is 163. The fourth-order valence-electron chi connectivity index (χ4n) is 0. The normalized spacial score (nSPS) is 7.38. The summed E-state index contributed by atoms with van der Waals surface area (Å²) < 4.78 is 8.88. The maximum absolute atomic E-state index is 8.88. The van der Waals surface area contributed by atoms with Crippen LogP contribution in [0, 0.1) is 0 Å². The Morgan fingerprint density at radius 1 is 1.25 bits per heavy atom. The van der Waals surface area contributed by atoms with Gasteiger partial charge in [-0.05, 0) is 0 Å². The van der Waals surface area contributed by atoms with E-state index in [1.54, 1.807) is 0 Å². The quantitative estimate of drug-likeness (QED) is 0.267. The third-order valence-corrected chi connectivity index (χ3v) is 0. The number of hydrogen-bond donors (Lipinski definition) is 3. The summed E-state index contributed by atoms with van der Waals surface area (Å²) in [5.41, 5.74) is 0. The van der Waals surface area contributed by atoms with Crippen LogP contribution >= 0.6 is 33.7 Å². The first-order valence-electron chi connectivity index (χ1n) is 0.783. The number of phosphoric acid groups is 1. The Bertz CT molecular complexity index is 66.7. The van der Waals surface area contributed by atoms with Gasteiger partial charge < -0.3 is 16.1 Å². The van der Waals surface area contributed by atoms with Gasteiger partial charge in [0.2, 0.25) is 0 Å². The summed E-state index contributed by atoms with van der Waals surface area (Å²) in [5, 5.41) is 0. The van der Waals surface area contributed by atoms with Crippen LogP contribution in [0.5, 0.6) is 0 Å². The fourth-order valence-corrected chi connectivity index (χ4v) is 0. The molecule has 8 heteroatoms. The van der Waals surface area contributed by atoms with Gasteiger partial charge in [0, 0.05) is 0 Å². The predicted octanol–water partition coefficient (Wildman–Crippen LogP) is -3.28. The monoisotopic (exact) mass is 176 g/mol. The minimum atomic E-state index is -4.64. The van der Waals surface area contributed by atoms with Gasteiger partial charge >= 0.3 is 26.7 Å². The van der Waals surface area contributed by atoms with E-state index < -0.39 is 7.82 Å². The van der Waals surface area contributed by atoms with Crippen LogP contribution in [0.4, 0.5) is 0 Å². The van der Waals surface area contributed by atoms with Gasteiger partial charge in [0.1, 0.15) is 0 Å². The van der Waals surface area contributed by atoms with Crippen molar-refractivity contribution in [1.82, 2.24) is 0 Å². The van der Waals surface area contributed by atoms with Gasteiger partial charge in [-0.15, -0.1) is 12.4 Å². The Morgan fingerprint density at radius 3 is 1.25 bits per heavy atom. The molecule has 0 unspecified atom stereocenters. The standard InChI is InChI=1S/ClH.Li.H3O4P.H2S.H/c;;1-5(2,3)4;;/h1H;;(H3,1,2,3,4);1H2;/q;+1;;;-1. The zero-order chi connectivity index (χ0) is 4.50. The van der Waals surface area contributed by atoms with Crippen molar-refractivity contribution >= 4 is 33.7 Å². The van der Waals surface area contributed by atoms with Crippen LogP contribution in [0.3, 0.4) is 0 Å². The van der Waals surface area contributed by atoms with E-state index in [4.69, 9.17) is 19.2 Å². The Hall–Kier alpha value is 1.35. The molecule has 50 valence electrons. The van der Waals surface area contributed by atoms with Gasteiger partial charge in [-0.25, -0.2) is 4.57 Å². The summed E-state index contributed by atoms with van der Waals surface area (Å²) in [4.78, 5) is 21.6. The molecule has 0 amide bonds. The van der Waals surface area contributed by atoms with E-state index in [9.17, 15) is 0 Å². The molecule has 3 N–H and O–H groups in total. The molecule has 0 radical (unpaired) electrons. The van der Waals surface area contributed by atoms with Crippen LogP contribution in [0.1, 0.15) is 1.43 Å². The average molecular weight is 176 g/mol. The smallest absolute Gasteiger partial charge is 1.00 e. The van der Waals surface area contributed by atoms with Crippen molar-refractivity contribution in [1.29, 1.82) is 0 Å². The second-order valence-corrected chi connectivity index (χ2v) is 1.54. The molecule has 0 bridgehead atoms. The van der Waals surface area contributed by atoms with E-state index in [-0.39, 0.29) is 46.2 Å². The summed E-state index contributed by atoms with van der Waals surface area (Å²) >= 11 is 0. The Balaban J connectivity index is -0.0000000133. The van der Waals surface area contributed by atoms with Gasteiger partial charge in [0.05, 0.1) is 0 Å². The first kappa shape index (κ1) is 22.8. The Morgan fingerprint density at radius 2 is 1.25 bits per heavy atom. The van der Waals surface area contributed by atoms with Crippen LogP contribution in [0.15, 0.2) is 0 Å². The predicted molar refractivity (Wildman–Crippen MR) is 33.0 cm³/mol. The van der Waals surface area contributed by atoms with E-state index in [0.717, 1.165) is 0 Å². The molecular weight excluding hydrogens is 169 g/mol. The van der Waals surface area contributed by atoms with Gasteiger partial charge in [-0.1, -0.05) is 0 Å². The van der Waals surface area contributed by atoms with E-state index in [0.29, 0.717) is 0 Å². The summed E-state index contributed by atoms with van der Waals surface area (Å²) in [6.45, 7) is 0. The van der Waals surface area contributed by atoms with Crippen molar-refractivity contribution in [3.63, 3.8) is 0 Å². The van der Waals surface area contributed by atoms with Gasteiger partial charge in [-0.3, -0.25) is 0 Å². The van der Waals surface area contributed by atoms with Crippen LogP contribution in [-0.2, 0) is 4.57 Å². The summed E-state index contributed by atoms with van der Waals surface area (Å²) in [6.07, 6.45) is 0. The third-order valence-electron chi connectivity index (χ3n) is 0. The number of halogens is 1. The summed E-state index contributed by atoms with van der Waals surface area (Å²) in [7, 11) is -4.64. The molecule has 0 aromatic carbocycles. The van der Waals surface area contributed by atoms with Crippen LogP contribution in [0.25, 0.3) is 0 Å². The fraction of sp³-hybridized carbons (Fsp3) is 0. The Kier molecular flexibility index (Phi) is 23.8. The molecule has 0 heterocycles. The Labute approximate surface area is 73.4 Å². The molecule has 0 saturated heterocycles. The second-order valence-electron chi connectivity index (χ2n) is 0.513. The molecule has 0 rings (SSSR count). The summed E-state index contributed by atoms with van der Waals surface area (Å²) in [6, 6.07) is 0. The second kappa shape index (κ2) is 8.35. The SMILES string of the molecule is Cl.O=P(O)(O)O.S.[H-].[Li+]. The molecule has 0 aliphatic heterocycles. The first-order chi connectivity index (χ1) is 2.00. The number of rotatable bonds is 0. The van der Waals surface area contributed by atoms with Crippen molar-refractivity contribution in [2.45, 2.75) is 0 Å². The molecule has 0 fully saturated rings. The van der Waals surface area contributed by atoms with Gasteiger partial charge in [-0.2, -0.15) is 13.5 Å². The van der Waals surface area contributed by atoms with Crippen LogP contribution in [0.2, 0.25) is 0 Å². The van der Waals surface area contributed by atoms with Crippen molar-refractivity contribution in [2.75, 3.05) is 0 Å². The van der Waals surface area contributed by atoms with Crippen molar-refractivity contribution in [3.05, 3.63) is 0 Å². The molecule has 0 aliphatic carbocycles. The molecule has 0 saturated carbocycles. The van der Waals surface area contributed by atoms with Crippen molar-refractivity contribution in [3.8, 4) is 0 Å². The first-order valence-corrected chi connectivity index (χ1v) is 2.35. The minimum Gasteiger partial charge on any atom is -1.00 e. The number of hydrogen-bond acceptors (Lipinski definition) is 1. The molecule has 0 spiro atoms. The van der Waals surface area contributed by atoms with Crippen molar-refractivity contribution in [2.24, 2.45) is 0 Å². The minimum absolute atomic E-state index is 0. The van der Waals surface area contributed by atoms with Crippen molar-refractivity contribution < 1.29 is 39.5 Å². The molecule has 0 atom stereocenters. The summed E-state index contributed by atoms with van der Waals surface area (Å²) in [5.74, 6) is 0. The topological polar surface area (TPSA) is 77.8 Å². The van der Waals surface area contributed by atoms with E-state index in [1.165, 1.54) is 0 Å². The zero-order valence-electron chi connectivity index (χ0n) is 5.11.